The van der Waals surface area contributed by atoms with E-state index in [9.17, 15) is 14.9 Å². The lowest BCUT2D eigenvalue weighted by Crippen LogP contribution is -2.32. The number of amides is 1. The lowest BCUT2D eigenvalue weighted by molar-refractivity contribution is -0.144. The second kappa shape index (κ2) is 12.3. The van der Waals surface area contributed by atoms with Crippen molar-refractivity contribution in [3.05, 3.63) is 58.4 Å². The Bertz CT molecular complexity index is 1020. The minimum Gasteiger partial charge on any atom is -0.492 e. The van der Waals surface area contributed by atoms with Gasteiger partial charge in [-0.05, 0) is 56.2 Å². The molecule has 1 aromatic carbocycles. The second-order valence-electron chi connectivity index (χ2n) is 7.23. The molecule has 0 spiro atoms. The number of carbonyl (C=O) groups excluding carboxylic acids is 2. The van der Waals surface area contributed by atoms with Gasteiger partial charge in [-0.15, -0.1) is 0 Å². The average molecular weight is 440 g/mol. The highest BCUT2D eigenvalue weighted by Crippen LogP contribution is 2.18. The third-order valence-electron chi connectivity index (χ3n) is 4.79. The zero-order valence-electron chi connectivity index (χ0n) is 18.9. The minimum atomic E-state index is -0.847. The van der Waals surface area contributed by atoms with E-state index in [0.717, 1.165) is 28.3 Å². The molecule has 0 atom stereocenters. The smallest absolute Gasteiger partial charge is 0.349 e. The maximum atomic E-state index is 12.3. The van der Waals surface area contributed by atoms with Crippen LogP contribution >= 0.6 is 0 Å². The Morgan fingerprint density at radius 1 is 1.19 bits per heavy atom. The van der Waals surface area contributed by atoms with E-state index in [1.165, 1.54) is 6.08 Å². The van der Waals surface area contributed by atoms with Gasteiger partial charge in [0.05, 0.1) is 13.2 Å². The van der Waals surface area contributed by atoms with E-state index < -0.39 is 18.5 Å². The number of methoxy groups -OCH3 is 1. The van der Waals surface area contributed by atoms with Crippen molar-refractivity contribution in [2.24, 2.45) is 0 Å². The molecule has 1 amide bonds. The molecular formula is C24H29N3O5. The van der Waals surface area contributed by atoms with Crippen molar-refractivity contribution in [1.29, 1.82) is 5.26 Å². The van der Waals surface area contributed by atoms with Crippen molar-refractivity contribution >= 4 is 18.0 Å². The van der Waals surface area contributed by atoms with Gasteiger partial charge in [0, 0.05) is 25.0 Å². The summed E-state index contributed by atoms with van der Waals surface area (Å²) in [5, 5.41) is 12.0. The molecule has 0 aliphatic heterocycles. The van der Waals surface area contributed by atoms with Crippen LogP contribution in [0.5, 0.6) is 5.75 Å². The van der Waals surface area contributed by atoms with Crippen molar-refractivity contribution in [3.8, 4) is 11.8 Å². The van der Waals surface area contributed by atoms with E-state index in [1.54, 1.807) is 7.11 Å². The van der Waals surface area contributed by atoms with Gasteiger partial charge < -0.3 is 24.1 Å². The number of aromatic nitrogens is 1. The van der Waals surface area contributed by atoms with Crippen LogP contribution in [0.2, 0.25) is 0 Å². The van der Waals surface area contributed by atoms with Gasteiger partial charge in [0.1, 0.15) is 24.0 Å². The highest BCUT2D eigenvalue weighted by Gasteiger charge is 2.15. The van der Waals surface area contributed by atoms with E-state index >= 15 is 0 Å². The van der Waals surface area contributed by atoms with Gasteiger partial charge in [-0.25, -0.2) is 4.79 Å². The van der Waals surface area contributed by atoms with Gasteiger partial charge in [-0.2, -0.15) is 5.26 Å². The van der Waals surface area contributed by atoms with Crippen LogP contribution in [0.15, 0.2) is 35.9 Å². The van der Waals surface area contributed by atoms with Crippen molar-refractivity contribution in [1.82, 2.24) is 9.88 Å². The fourth-order valence-electron chi connectivity index (χ4n) is 3.12. The molecule has 0 radical (unpaired) electrons. The van der Waals surface area contributed by atoms with Crippen LogP contribution in [0, 0.1) is 32.1 Å². The fraction of sp³-hybridized carbons (Fsp3) is 0.375. The first-order valence-corrected chi connectivity index (χ1v) is 10.3. The van der Waals surface area contributed by atoms with E-state index in [0.29, 0.717) is 13.2 Å². The molecule has 2 aromatic rings. The number of benzene rings is 1. The number of carbonyl (C=O) groups is 2. The monoisotopic (exact) mass is 439 g/mol. The molecule has 0 fully saturated rings. The standard InChI is InChI=1S/C24H29N3O5/c1-17-6-5-7-22(12-17)31-10-8-26-23(28)16-32-24(29)21(15-25)14-20-13-18(2)27(19(20)3)9-11-30-4/h5-7,12-14H,8-11,16H2,1-4H3,(H,26,28)/b21-14+. The quantitative estimate of drug-likeness (QED) is 0.250. The van der Waals surface area contributed by atoms with Crippen LogP contribution in [-0.4, -0.2) is 49.9 Å². The van der Waals surface area contributed by atoms with Crippen molar-refractivity contribution < 1.29 is 23.8 Å². The molecule has 0 unspecified atom stereocenters. The Labute approximate surface area is 188 Å². The van der Waals surface area contributed by atoms with Crippen molar-refractivity contribution in [2.45, 2.75) is 27.3 Å². The van der Waals surface area contributed by atoms with Gasteiger partial charge in [-0.3, -0.25) is 4.79 Å². The van der Waals surface area contributed by atoms with E-state index in [4.69, 9.17) is 14.2 Å². The van der Waals surface area contributed by atoms with Gasteiger partial charge in [0.25, 0.3) is 5.91 Å². The first kappa shape index (κ1) is 24.7. The second-order valence-corrected chi connectivity index (χ2v) is 7.23. The molecule has 0 aliphatic rings. The molecule has 0 saturated carbocycles. The van der Waals surface area contributed by atoms with Gasteiger partial charge in [-0.1, -0.05) is 12.1 Å². The summed E-state index contributed by atoms with van der Waals surface area (Å²) in [6.07, 6.45) is 1.47. The summed E-state index contributed by atoms with van der Waals surface area (Å²) in [4.78, 5) is 24.2. The first-order valence-electron chi connectivity index (χ1n) is 10.3. The third kappa shape index (κ3) is 7.29. The van der Waals surface area contributed by atoms with Gasteiger partial charge in [0.2, 0.25) is 0 Å². The SMILES string of the molecule is COCCn1c(C)cc(/C=C(\C#N)C(=O)OCC(=O)NCCOc2cccc(C)c2)c1C. The van der Waals surface area contributed by atoms with Crippen LogP contribution in [-0.2, 0) is 25.6 Å². The summed E-state index contributed by atoms with van der Waals surface area (Å²) >= 11 is 0. The van der Waals surface area contributed by atoms with Crippen LogP contribution < -0.4 is 10.1 Å². The first-order chi connectivity index (χ1) is 15.3. The topological polar surface area (TPSA) is 103 Å². The average Bonchev–Trinajstić information content (AvgIpc) is 3.04. The largest absolute Gasteiger partial charge is 0.492 e. The molecule has 170 valence electrons. The number of nitrogens with zero attached hydrogens (tertiary/aromatic N) is 2. The predicted octanol–water partition coefficient (Wildman–Crippen LogP) is 2.71. The number of esters is 1. The molecule has 8 nitrogen and oxygen atoms in total. The molecule has 0 bridgehead atoms. The van der Waals surface area contributed by atoms with Crippen molar-refractivity contribution in [3.63, 3.8) is 0 Å². The molecular weight excluding hydrogens is 410 g/mol. The summed E-state index contributed by atoms with van der Waals surface area (Å²) in [6.45, 7) is 7.10. The van der Waals surface area contributed by atoms with E-state index in [1.807, 2.05) is 61.7 Å². The Kier molecular flexibility index (Phi) is 9.51. The summed E-state index contributed by atoms with van der Waals surface area (Å²) in [5.41, 5.74) is 3.55. The summed E-state index contributed by atoms with van der Waals surface area (Å²) in [5.74, 6) is -0.599. The van der Waals surface area contributed by atoms with Gasteiger partial charge in [0.15, 0.2) is 6.61 Å². The predicted molar refractivity (Wildman–Crippen MR) is 120 cm³/mol. The number of nitrogens with one attached hydrogen (secondary N) is 1. The van der Waals surface area contributed by atoms with Crippen LogP contribution in [0.1, 0.15) is 22.5 Å². The Balaban J connectivity index is 1.84. The van der Waals surface area contributed by atoms with Gasteiger partial charge >= 0.3 is 5.97 Å². The number of ether oxygens (including phenoxy) is 3. The lowest BCUT2D eigenvalue weighted by Gasteiger charge is -2.09. The number of hydrogen-bond donors (Lipinski definition) is 1. The molecule has 0 aliphatic carbocycles. The number of aryl methyl sites for hydroxylation is 2. The summed E-state index contributed by atoms with van der Waals surface area (Å²) in [7, 11) is 1.63. The molecule has 1 N–H and O–H groups in total. The maximum Gasteiger partial charge on any atom is 0.349 e. The Morgan fingerprint density at radius 3 is 2.66 bits per heavy atom. The maximum absolute atomic E-state index is 12.3. The van der Waals surface area contributed by atoms with Crippen LogP contribution in [0.4, 0.5) is 0 Å². The summed E-state index contributed by atoms with van der Waals surface area (Å²) < 4.78 is 17.7. The van der Waals surface area contributed by atoms with E-state index in [-0.39, 0.29) is 18.7 Å². The highest BCUT2D eigenvalue weighted by atomic mass is 16.5. The fourth-order valence-corrected chi connectivity index (χ4v) is 3.12. The summed E-state index contributed by atoms with van der Waals surface area (Å²) in [6, 6.07) is 11.3. The van der Waals surface area contributed by atoms with Crippen molar-refractivity contribution in [2.75, 3.05) is 33.5 Å². The Hall–Kier alpha value is -3.57. The number of rotatable bonds is 11. The van der Waals surface area contributed by atoms with E-state index in [2.05, 4.69) is 5.32 Å². The molecule has 1 heterocycles. The van der Waals surface area contributed by atoms with Crippen LogP contribution in [0.25, 0.3) is 6.08 Å². The highest BCUT2D eigenvalue weighted by molar-refractivity contribution is 5.99. The molecule has 1 aromatic heterocycles. The lowest BCUT2D eigenvalue weighted by atomic mass is 10.1. The molecule has 0 saturated heterocycles. The molecule has 8 heteroatoms. The number of nitriles is 1. The normalized spacial score (nSPS) is 11.0. The number of hydrogen-bond acceptors (Lipinski definition) is 6. The van der Waals surface area contributed by atoms with Crippen LogP contribution in [0.3, 0.4) is 0 Å². The zero-order chi connectivity index (χ0) is 23.5. The Morgan fingerprint density at radius 2 is 1.97 bits per heavy atom. The minimum absolute atomic E-state index is 0.174. The molecule has 32 heavy (non-hydrogen) atoms. The zero-order valence-corrected chi connectivity index (χ0v) is 18.9. The third-order valence-corrected chi connectivity index (χ3v) is 4.79. The molecule has 2 rings (SSSR count).